The van der Waals surface area contributed by atoms with Gasteiger partial charge in [-0.25, -0.2) is 9.13 Å². The van der Waals surface area contributed by atoms with E-state index in [1.807, 2.05) is 0 Å². The molecule has 0 saturated heterocycles. The van der Waals surface area contributed by atoms with E-state index in [0.29, 0.717) is 19.3 Å². The molecule has 6 N–H and O–H groups in total. The van der Waals surface area contributed by atoms with Crippen molar-refractivity contribution in [1.29, 1.82) is 0 Å². The lowest BCUT2D eigenvalue weighted by Gasteiger charge is -2.22. The van der Waals surface area contributed by atoms with Crippen LogP contribution in [0.3, 0.4) is 0 Å². The molecular formula is C24H49N3O14P2. The molecule has 0 aromatic carbocycles. The highest BCUT2D eigenvalue weighted by Gasteiger charge is 2.26. The van der Waals surface area contributed by atoms with Crippen LogP contribution in [0, 0.1) is 11.3 Å². The minimum absolute atomic E-state index is 0.0236. The van der Waals surface area contributed by atoms with Gasteiger partial charge in [-0.3, -0.25) is 32.5 Å². The van der Waals surface area contributed by atoms with Gasteiger partial charge in [0.15, 0.2) is 0 Å². The van der Waals surface area contributed by atoms with Crippen molar-refractivity contribution >= 4 is 33.4 Å². The molecule has 0 spiro atoms. The fraction of sp³-hybridized carbons (Fsp3) is 0.875. The molecule has 0 fully saturated rings. The fourth-order valence-electron chi connectivity index (χ4n) is 3.07. The SMILES string of the molecule is COP(=O)(O)OCCOCCOCCOP(=O)(O)OCC(CO)CCCCNC(=O)[C@H](CNC(=O)C(C)(C)C)NC(C)=O. The Labute approximate surface area is 252 Å². The molecule has 0 aliphatic carbocycles. The molecule has 0 aromatic rings. The van der Waals surface area contributed by atoms with Crippen LogP contribution in [0.25, 0.3) is 0 Å². The van der Waals surface area contributed by atoms with E-state index in [1.54, 1.807) is 20.8 Å². The number of hydrogen-bond donors (Lipinski definition) is 6. The van der Waals surface area contributed by atoms with Crippen LogP contribution < -0.4 is 16.0 Å². The topological polar surface area (TPSA) is 238 Å². The van der Waals surface area contributed by atoms with Crippen molar-refractivity contribution in [2.45, 2.75) is 53.0 Å². The van der Waals surface area contributed by atoms with E-state index in [4.69, 9.17) is 23.4 Å². The van der Waals surface area contributed by atoms with E-state index < -0.39 is 44.8 Å². The van der Waals surface area contributed by atoms with Gasteiger partial charge in [0.2, 0.25) is 17.7 Å². The third-order valence-corrected chi connectivity index (χ3v) is 7.43. The highest BCUT2D eigenvalue weighted by atomic mass is 31.2. The van der Waals surface area contributed by atoms with Crippen molar-refractivity contribution in [3.63, 3.8) is 0 Å². The first-order chi connectivity index (χ1) is 20.0. The smallest absolute Gasteiger partial charge is 0.396 e. The predicted molar refractivity (Wildman–Crippen MR) is 154 cm³/mol. The Morgan fingerprint density at radius 3 is 1.91 bits per heavy atom. The Kier molecular flexibility index (Phi) is 21.3. The fourth-order valence-corrected chi connectivity index (χ4v) is 4.26. The number of phosphoric acid groups is 2. The van der Waals surface area contributed by atoms with Crippen LogP contribution in [0.1, 0.15) is 47.0 Å². The Hall–Kier alpha value is -1.49. The summed E-state index contributed by atoms with van der Waals surface area (Å²) in [5.74, 6) is -1.56. The molecule has 17 nitrogen and oxygen atoms in total. The summed E-state index contributed by atoms with van der Waals surface area (Å²) in [7, 11) is -7.37. The molecule has 3 amide bonds. The summed E-state index contributed by atoms with van der Waals surface area (Å²) in [4.78, 5) is 54.9. The monoisotopic (exact) mass is 665 g/mol. The number of carbonyl (C=O) groups excluding carboxylic acids is 3. The number of carbonyl (C=O) groups is 3. The lowest BCUT2D eigenvalue weighted by molar-refractivity contribution is -0.130. The first-order valence-corrected chi connectivity index (χ1v) is 16.8. The third-order valence-electron chi connectivity index (χ3n) is 5.48. The second-order valence-electron chi connectivity index (χ2n) is 10.4. The van der Waals surface area contributed by atoms with Crippen molar-refractivity contribution in [3.05, 3.63) is 0 Å². The quantitative estimate of drug-likeness (QED) is 0.0575. The van der Waals surface area contributed by atoms with Gasteiger partial charge in [-0.15, -0.1) is 0 Å². The normalized spacial score (nSPS) is 16.0. The van der Waals surface area contributed by atoms with Crippen LogP contribution in [0.4, 0.5) is 0 Å². The highest BCUT2D eigenvalue weighted by molar-refractivity contribution is 7.47. The van der Waals surface area contributed by atoms with Gasteiger partial charge in [0.25, 0.3) is 0 Å². The highest BCUT2D eigenvalue weighted by Crippen LogP contribution is 2.43. The van der Waals surface area contributed by atoms with Crippen molar-refractivity contribution in [1.82, 2.24) is 16.0 Å². The van der Waals surface area contributed by atoms with Crippen LogP contribution in [-0.4, -0.2) is 112 Å². The summed E-state index contributed by atoms with van der Waals surface area (Å²) < 4.78 is 52.1. The largest absolute Gasteiger partial charge is 0.472 e. The third kappa shape index (κ3) is 22.6. The maximum atomic E-state index is 12.5. The maximum Gasteiger partial charge on any atom is 0.472 e. The lowest BCUT2D eigenvalue weighted by Crippen LogP contribution is -2.53. The van der Waals surface area contributed by atoms with E-state index in [1.165, 1.54) is 6.92 Å². The second kappa shape index (κ2) is 22.1. The van der Waals surface area contributed by atoms with Gasteiger partial charge in [0, 0.05) is 45.1 Å². The molecule has 0 aliphatic heterocycles. The van der Waals surface area contributed by atoms with Crippen molar-refractivity contribution < 1.29 is 66.0 Å². The van der Waals surface area contributed by atoms with Crippen molar-refractivity contribution in [3.8, 4) is 0 Å². The first-order valence-electron chi connectivity index (χ1n) is 13.8. The average molecular weight is 666 g/mol. The van der Waals surface area contributed by atoms with Gasteiger partial charge in [-0.1, -0.05) is 27.2 Å². The summed E-state index contributed by atoms with van der Waals surface area (Å²) in [5, 5.41) is 17.4. The Morgan fingerprint density at radius 2 is 1.40 bits per heavy atom. The molecule has 19 heteroatoms. The average Bonchev–Trinajstić information content (AvgIpc) is 2.92. The lowest BCUT2D eigenvalue weighted by atomic mass is 9.95. The number of amides is 3. The van der Waals surface area contributed by atoms with Gasteiger partial charge in [0.1, 0.15) is 6.04 Å². The van der Waals surface area contributed by atoms with Gasteiger partial charge < -0.3 is 40.3 Å². The number of nitrogens with one attached hydrogen (secondary N) is 3. The molecular weight excluding hydrogens is 616 g/mol. The molecule has 0 saturated carbocycles. The molecule has 0 aromatic heterocycles. The van der Waals surface area contributed by atoms with Crippen LogP contribution in [0.5, 0.6) is 0 Å². The summed E-state index contributed by atoms with van der Waals surface area (Å²) in [5.41, 5.74) is -0.647. The zero-order valence-electron chi connectivity index (χ0n) is 25.6. The Morgan fingerprint density at radius 1 is 0.837 bits per heavy atom. The van der Waals surface area contributed by atoms with Gasteiger partial charge in [0.05, 0.1) is 46.2 Å². The summed E-state index contributed by atoms with van der Waals surface area (Å²) in [6.07, 6.45) is 1.53. The summed E-state index contributed by atoms with van der Waals surface area (Å²) in [6, 6.07) is -0.934. The number of aliphatic hydroxyl groups excluding tert-OH is 1. The molecule has 254 valence electrons. The zero-order chi connectivity index (χ0) is 32.9. The molecule has 43 heavy (non-hydrogen) atoms. The molecule has 0 bridgehead atoms. The molecule has 4 atom stereocenters. The number of ether oxygens (including phenoxy) is 2. The standard InChI is InChI=1S/C24H49N3O14P2/c1-19(29)27-21(16-26-23(31)24(2,3)4)22(30)25-9-7-6-8-20(17-28)18-41-43(34,35)40-15-13-38-11-10-37-12-14-39-42(32,33)36-5/h20-21,28H,6-18H2,1-5H3,(H,25,30)(H,26,31)(H,27,29)(H,32,33)(H,34,35)/t20?,21-/m0/s1. The number of phosphoric ester groups is 2. The zero-order valence-corrected chi connectivity index (χ0v) is 27.4. The van der Waals surface area contributed by atoms with E-state index in [-0.39, 0.29) is 71.9 Å². The van der Waals surface area contributed by atoms with Gasteiger partial charge in [-0.2, -0.15) is 0 Å². The molecule has 0 aliphatic rings. The van der Waals surface area contributed by atoms with E-state index in [9.17, 15) is 33.5 Å². The Balaban J connectivity index is 4.15. The number of rotatable bonds is 25. The van der Waals surface area contributed by atoms with Gasteiger partial charge in [-0.05, 0) is 12.8 Å². The van der Waals surface area contributed by atoms with Crippen LogP contribution in [0.2, 0.25) is 0 Å². The summed E-state index contributed by atoms with van der Waals surface area (Å²) in [6.45, 7) is 6.07. The first kappa shape index (κ1) is 41.5. The minimum Gasteiger partial charge on any atom is -0.396 e. The van der Waals surface area contributed by atoms with E-state index in [2.05, 4.69) is 25.0 Å². The summed E-state index contributed by atoms with van der Waals surface area (Å²) >= 11 is 0. The number of unbranched alkanes of at least 4 members (excludes halogenated alkanes) is 1. The van der Waals surface area contributed by atoms with Gasteiger partial charge >= 0.3 is 15.6 Å². The number of hydrogen-bond acceptors (Lipinski definition) is 12. The molecule has 0 heterocycles. The Bertz CT molecular complexity index is 918. The minimum atomic E-state index is -4.38. The van der Waals surface area contributed by atoms with E-state index in [0.717, 1.165) is 7.11 Å². The molecule has 0 rings (SSSR count). The van der Waals surface area contributed by atoms with Crippen LogP contribution in [0.15, 0.2) is 0 Å². The number of aliphatic hydroxyl groups is 1. The van der Waals surface area contributed by atoms with Crippen molar-refractivity contribution in [2.24, 2.45) is 11.3 Å². The maximum absolute atomic E-state index is 12.5. The van der Waals surface area contributed by atoms with Crippen LogP contribution in [-0.2, 0) is 51.1 Å². The van der Waals surface area contributed by atoms with Crippen LogP contribution >= 0.6 is 15.6 Å². The predicted octanol–water partition coefficient (Wildman–Crippen LogP) is 0.479. The second-order valence-corrected chi connectivity index (χ2v) is 13.4. The molecule has 0 radical (unpaired) electrons. The molecule has 3 unspecified atom stereocenters. The van der Waals surface area contributed by atoms with E-state index >= 15 is 0 Å². The van der Waals surface area contributed by atoms with Crippen molar-refractivity contribution in [2.75, 3.05) is 73.1 Å².